The second-order valence-electron chi connectivity index (χ2n) is 2.24. The molecule has 0 aromatic heterocycles. The monoisotopic (exact) mass is 140 g/mol. The lowest BCUT2D eigenvalue weighted by atomic mass is 10.3. The highest BCUT2D eigenvalue weighted by Crippen LogP contribution is 1.91. The molecule has 0 spiro atoms. The highest BCUT2D eigenvalue weighted by molar-refractivity contribution is 5.13. The van der Waals surface area contributed by atoms with Crippen LogP contribution in [-0.2, 0) is 0 Å². The van der Waals surface area contributed by atoms with Crippen LogP contribution >= 0.6 is 0 Å². The maximum absolute atomic E-state index is 2.12. The second-order valence-corrected chi connectivity index (χ2v) is 2.24. The highest BCUT2D eigenvalue weighted by atomic mass is 13.8. The van der Waals surface area contributed by atoms with E-state index in [9.17, 15) is 0 Å². The molecule has 10 heavy (non-hydrogen) atoms. The largest absolute Gasteiger partial charge is 0.0874 e. The van der Waals surface area contributed by atoms with E-state index in [1.54, 1.807) is 0 Å². The van der Waals surface area contributed by atoms with Crippen LogP contribution in [0.4, 0.5) is 0 Å². The van der Waals surface area contributed by atoms with Gasteiger partial charge in [0, 0.05) is 0 Å². The Morgan fingerprint density at radius 3 is 1.70 bits per heavy atom. The van der Waals surface area contributed by atoms with Gasteiger partial charge in [0.1, 0.15) is 0 Å². The standard InChI is InChI=1S/C7H12.C3H8/c1-4-6-7(3)5-2;1-3-2/h4-6H,1-3H3;3H2,1-2H3/b6-4-,7-5-;. The van der Waals surface area contributed by atoms with Crippen molar-refractivity contribution in [2.45, 2.75) is 41.0 Å². The molecule has 0 atom stereocenters. The average molecular weight is 140 g/mol. The van der Waals surface area contributed by atoms with Crippen molar-refractivity contribution >= 4 is 0 Å². The van der Waals surface area contributed by atoms with Crippen molar-refractivity contribution in [3.05, 3.63) is 23.8 Å². The van der Waals surface area contributed by atoms with Gasteiger partial charge in [-0.2, -0.15) is 0 Å². The fourth-order valence-corrected chi connectivity index (χ4v) is 0.359. The van der Waals surface area contributed by atoms with Crippen LogP contribution in [0.3, 0.4) is 0 Å². The maximum Gasteiger partial charge on any atom is -0.0401 e. The van der Waals surface area contributed by atoms with E-state index in [2.05, 4.69) is 32.9 Å². The molecule has 0 nitrogen and oxygen atoms in total. The fourth-order valence-electron chi connectivity index (χ4n) is 0.359. The van der Waals surface area contributed by atoms with E-state index in [0.717, 1.165) is 0 Å². The molecule has 60 valence electrons. The number of rotatable bonds is 1. The number of hydrogen-bond acceptors (Lipinski definition) is 0. The molecule has 0 heterocycles. The van der Waals surface area contributed by atoms with E-state index in [0.29, 0.717) is 0 Å². The van der Waals surface area contributed by atoms with Crippen LogP contribution in [0.1, 0.15) is 41.0 Å². The first-order valence-electron chi connectivity index (χ1n) is 3.98. The predicted octanol–water partition coefficient (Wildman–Crippen LogP) is 3.95. The molecule has 0 radical (unpaired) electrons. The molecule has 0 saturated heterocycles. The first-order valence-corrected chi connectivity index (χ1v) is 3.98. The zero-order valence-corrected chi connectivity index (χ0v) is 7.94. The highest BCUT2D eigenvalue weighted by Gasteiger charge is 1.69. The van der Waals surface area contributed by atoms with Gasteiger partial charge in [0.2, 0.25) is 0 Å². The Bertz CT molecular complexity index is 96.6. The van der Waals surface area contributed by atoms with Gasteiger partial charge in [-0.3, -0.25) is 0 Å². The Labute approximate surface area is 65.7 Å². The molecule has 0 fully saturated rings. The van der Waals surface area contributed by atoms with Crippen LogP contribution in [0, 0.1) is 0 Å². The summed E-state index contributed by atoms with van der Waals surface area (Å²) in [5, 5.41) is 0. The average Bonchev–Trinajstić information content (AvgIpc) is 1.90. The first-order chi connectivity index (χ1) is 4.72. The van der Waals surface area contributed by atoms with Gasteiger partial charge in [-0.05, 0) is 20.8 Å². The topological polar surface area (TPSA) is 0 Å². The molecule has 0 saturated carbocycles. The fraction of sp³-hybridized carbons (Fsp3) is 0.600. The Morgan fingerprint density at radius 2 is 1.60 bits per heavy atom. The summed E-state index contributed by atoms with van der Waals surface area (Å²) in [5.41, 5.74) is 1.32. The molecule has 0 unspecified atom stereocenters. The Kier molecular flexibility index (Phi) is 13.8. The number of allylic oxidation sites excluding steroid dienone is 4. The third-order valence-corrected chi connectivity index (χ3v) is 0.885. The van der Waals surface area contributed by atoms with Gasteiger partial charge in [0.05, 0.1) is 0 Å². The van der Waals surface area contributed by atoms with Gasteiger partial charge in [0.25, 0.3) is 0 Å². The summed E-state index contributed by atoms with van der Waals surface area (Å²) in [6.07, 6.45) is 7.45. The lowest BCUT2D eigenvalue weighted by Crippen LogP contribution is -1.60. The first kappa shape index (κ1) is 12.2. The van der Waals surface area contributed by atoms with Crippen molar-refractivity contribution in [3.63, 3.8) is 0 Å². The van der Waals surface area contributed by atoms with Crippen LogP contribution in [0.2, 0.25) is 0 Å². The van der Waals surface area contributed by atoms with E-state index in [-0.39, 0.29) is 0 Å². The molecule has 0 bridgehead atoms. The third-order valence-electron chi connectivity index (χ3n) is 0.885. The summed E-state index contributed by atoms with van der Waals surface area (Å²) < 4.78 is 0. The molecule has 0 aliphatic rings. The Hall–Kier alpha value is -0.520. The summed E-state index contributed by atoms with van der Waals surface area (Å²) in [7, 11) is 0. The van der Waals surface area contributed by atoms with Crippen LogP contribution in [-0.4, -0.2) is 0 Å². The third kappa shape index (κ3) is 15.6. The summed E-state index contributed by atoms with van der Waals surface area (Å²) in [6.45, 7) is 10.4. The summed E-state index contributed by atoms with van der Waals surface area (Å²) in [4.78, 5) is 0. The molecule has 0 N–H and O–H groups in total. The molecule has 0 rings (SSSR count). The molecular weight excluding hydrogens is 120 g/mol. The van der Waals surface area contributed by atoms with Crippen molar-refractivity contribution in [2.75, 3.05) is 0 Å². The Balaban J connectivity index is 0. The van der Waals surface area contributed by atoms with Gasteiger partial charge in [-0.15, -0.1) is 0 Å². The van der Waals surface area contributed by atoms with Gasteiger partial charge >= 0.3 is 0 Å². The Morgan fingerprint density at radius 1 is 1.20 bits per heavy atom. The molecule has 0 amide bonds. The van der Waals surface area contributed by atoms with Crippen molar-refractivity contribution in [1.29, 1.82) is 0 Å². The van der Waals surface area contributed by atoms with Gasteiger partial charge < -0.3 is 0 Å². The quantitative estimate of drug-likeness (QED) is 0.484. The van der Waals surface area contributed by atoms with E-state index in [1.807, 2.05) is 19.9 Å². The van der Waals surface area contributed by atoms with Crippen LogP contribution < -0.4 is 0 Å². The zero-order valence-electron chi connectivity index (χ0n) is 7.94. The van der Waals surface area contributed by atoms with Gasteiger partial charge in [-0.1, -0.05) is 44.1 Å². The van der Waals surface area contributed by atoms with Crippen molar-refractivity contribution < 1.29 is 0 Å². The molecule has 0 aliphatic carbocycles. The lowest BCUT2D eigenvalue weighted by Gasteiger charge is -1.81. The van der Waals surface area contributed by atoms with E-state index < -0.39 is 0 Å². The van der Waals surface area contributed by atoms with Crippen molar-refractivity contribution in [1.82, 2.24) is 0 Å². The SMILES string of the molecule is C/C=C\C(C)=C/C.CCC. The summed E-state index contributed by atoms with van der Waals surface area (Å²) in [5.74, 6) is 0. The molecule has 0 aromatic carbocycles. The normalized spacial score (nSPS) is 11.1. The van der Waals surface area contributed by atoms with Crippen LogP contribution in [0.15, 0.2) is 23.8 Å². The second kappa shape index (κ2) is 11.3. The minimum Gasteiger partial charge on any atom is -0.0874 e. The molecule has 0 heteroatoms. The van der Waals surface area contributed by atoms with Crippen LogP contribution in [0.25, 0.3) is 0 Å². The van der Waals surface area contributed by atoms with Gasteiger partial charge in [0.15, 0.2) is 0 Å². The molecule has 0 aromatic rings. The minimum absolute atomic E-state index is 1.25. The molecular formula is C10H20. The smallest absolute Gasteiger partial charge is 0.0401 e. The van der Waals surface area contributed by atoms with E-state index >= 15 is 0 Å². The van der Waals surface area contributed by atoms with Gasteiger partial charge in [-0.25, -0.2) is 0 Å². The molecule has 0 aliphatic heterocycles. The summed E-state index contributed by atoms with van der Waals surface area (Å²) in [6, 6.07) is 0. The van der Waals surface area contributed by atoms with Crippen molar-refractivity contribution in [2.24, 2.45) is 0 Å². The van der Waals surface area contributed by atoms with Crippen molar-refractivity contribution in [3.8, 4) is 0 Å². The maximum atomic E-state index is 2.12. The predicted molar refractivity (Wildman–Crippen MR) is 50.2 cm³/mol. The van der Waals surface area contributed by atoms with E-state index in [1.165, 1.54) is 12.0 Å². The summed E-state index contributed by atoms with van der Waals surface area (Å²) >= 11 is 0. The minimum atomic E-state index is 1.25. The zero-order chi connectivity index (χ0) is 8.41. The van der Waals surface area contributed by atoms with Crippen LogP contribution in [0.5, 0.6) is 0 Å². The van der Waals surface area contributed by atoms with E-state index in [4.69, 9.17) is 0 Å². The lowest BCUT2D eigenvalue weighted by molar-refractivity contribution is 1.09. The number of hydrogen-bond donors (Lipinski definition) is 0.